The molecule has 3 aliphatic heterocycles. The van der Waals surface area contributed by atoms with E-state index in [0.29, 0.717) is 19.3 Å². The summed E-state index contributed by atoms with van der Waals surface area (Å²) in [5.74, 6) is -0.356. The van der Waals surface area contributed by atoms with Gasteiger partial charge in [-0.25, -0.2) is 0 Å². The molecule has 3 aliphatic rings. The van der Waals surface area contributed by atoms with Crippen molar-refractivity contribution < 1.29 is 89.4 Å². The van der Waals surface area contributed by atoms with E-state index in [1.54, 1.807) is 6.08 Å². The van der Waals surface area contributed by atoms with Crippen molar-refractivity contribution in [3.63, 3.8) is 0 Å². The van der Waals surface area contributed by atoms with Crippen molar-refractivity contribution in [1.29, 1.82) is 0 Å². The fraction of sp³-hybridized carbons (Fsp3) is 0.661. The Kier molecular flexibility index (Phi) is 34.1. The van der Waals surface area contributed by atoms with Crippen LogP contribution in [0.2, 0.25) is 0 Å². The second kappa shape index (κ2) is 38.9. The van der Waals surface area contributed by atoms with E-state index >= 15 is 0 Å². The average Bonchev–Trinajstić information content (AvgIpc) is 3.41. The van der Waals surface area contributed by atoms with E-state index in [1.165, 1.54) is 6.08 Å². The van der Waals surface area contributed by atoms with Gasteiger partial charge in [-0.05, 0) is 77.0 Å². The Morgan fingerprint density at radius 3 is 1.40 bits per heavy atom. The Morgan fingerprint density at radius 2 is 0.907 bits per heavy atom. The molecule has 3 fully saturated rings. The van der Waals surface area contributed by atoms with Crippen LogP contribution in [0.5, 0.6) is 0 Å². The van der Waals surface area contributed by atoms with Crippen LogP contribution in [0.1, 0.15) is 104 Å². The first kappa shape index (κ1) is 65.7. The van der Waals surface area contributed by atoms with Gasteiger partial charge in [0, 0.05) is 6.42 Å². The molecule has 0 aromatic carbocycles. The molecule has 19 nitrogen and oxygen atoms in total. The second-order valence-corrected chi connectivity index (χ2v) is 18.6. The molecule has 75 heavy (non-hydrogen) atoms. The highest BCUT2D eigenvalue weighted by molar-refractivity contribution is 5.76. The standard InChI is InChI=1S/C56H89NO18/c1-3-5-7-9-11-12-13-14-15-16-17-18-19-20-21-22-23-24-25-26-28-30-32-34-44(62)57-39(40(61)33-31-29-27-10-8-6-4-2)38-70-54-50(68)47(65)52(42(36-59)72-54)75-56-51(69)48(66)53(43(37-60)73-56)74-55-49(67)46(64)45(63)41(35-58)71-55/h5,7-8,10-12,14-15,17-18,20-21,23-24,26,28,31,33,39-43,45-56,58-61,63-69H,3-4,6,9,13,16,19,22,25,27,29-30,32,34-38H2,1-2H3,(H,57,62)/b7-5-,10-8+,12-11-,15-14-,18-17-,21-20-,24-23-,28-26-,33-31+. The molecule has 17 atom stereocenters. The lowest BCUT2D eigenvalue weighted by molar-refractivity contribution is -0.379. The van der Waals surface area contributed by atoms with Crippen molar-refractivity contribution >= 4 is 5.91 Å². The summed E-state index contributed by atoms with van der Waals surface area (Å²) in [5, 5.41) is 119. The SMILES string of the molecule is CC/C=C\C/C=C\C/C=C\C/C=C\C/C=C\C/C=C\C/C=C\CCCC(=O)NC(COC1OC(CO)C(OC2OC(CO)C(OC3OC(CO)C(O)C(O)C3O)C(O)C2O)C(O)C1O)C(O)/C=C/CC/C=C/CCC. The number of hydrogen-bond donors (Lipinski definition) is 12. The van der Waals surface area contributed by atoms with Gasteiger partial charge in [0.2, 0.25) is 5.91 Å². The molecular formula is C56H89NO18. The van der Waals surface area contributed by atoms with E-state index in [2.05, 4.69) is 104 Å². The molecule has 12 N–H and O–H groups in total. The molecule has 0 aromatic rings. The van der Waals surface area contributed by atoms with Crippen molar-refractivity contribution in [2.45, 2.75) is 208 Å². The van der Waals surface area contributed by atoms with Crippen LogP contribution in [0.15, 0.2) is 109 Å². The normalized spacial score (nSPS) is 32.1. The molecule has 0 saturated carbocycles. The number of nitrogens with one attached hydrogen (secondary N) is 1. The first-order valence-electron chi connectivity index (χ1n) is 26.6. The minimum Gasteiger partial charge on any atom is -0.394 e. The predicted molar refractivity (Wildman–Crippen MR) is 281 cm³/mol. The Labute approximate surface area is 443 Å². The summed E-state index contributed by atoms with van der Waals surface area (Å²) in [6, 6.07) is -1.02. The minimum atomic E-state index is -1.99. The molecule has 17 unspecified atom stereocenters. The van der Waals surface area contributed by atoms with Crippen molar-refractivity contribution in [2.24, 2.45) is 0 Å². The number of amides is 1. The Balaban J connectivity index is 1.50. The predicted octanol–water partition coefficient (Wildman–Crippen LogP) is 2.80. The van der Waals surface area contributed by atoms with E-state index in [0.717, 1.165) is 64.2 Å². The number of unbranched alkanes of at least 4 members (excludes halogenated alkanes) is 3. The molecule has 0 aromatic heterocycles. The first-order chi connectivity index (χ1) is 36.3. The van der Waals surface area contributed by atoms with Crippen molar-refractivity contribution in [1.82, 2.24) is 5.32 Å². The highest BCUT2D eigenvalue weighted by Gasteiger charge is 2.53. The fourth-order valence-corrected chi connectivity index (χ4v) is 8.14. The number of carbonyl (C=O) groups is 1. The summed E-state index contributed by atoms with van der Waals surface area (Å²) in [6.45, 7) is 1.36. The van der Waals surface area contributed by atoms with Gasteiger partial charge in [0.25, 0.3) is 0 Å². The summed E-state index contributed by atoms with van der Waals surface area (Å²) in [4.78, 5) is 13.2. The molecule has 426 valence electrons. The van der Waals surface area contributed by atoms with Crippen molar-refractivity contribution in [3.8, 4) is 0 Å². The van der Waals surface area contributed by atoms with Gasteiger partial charge in [0.15, 0.2) is 18.9 Å². The molecule has 19 heteroatoms. The molecule has 3 saturated heterocycles. The van der Waals surface area contributed by atoms with Crippen molar-refractivity contribution in [2.75, 3.05) is 26.4 Å². The van der Waals surface area contributed by atoms with E-state index in [1.807, 2.05) is 12.2 Å². The maximum absolute atomic E-state index is 13.2. The average molecular weight is 1060 g/mol. The lowest BCUT2D eigenvalue weighted by atomic mass is 9.96. The zero-order valence-corrected chi connectivity index (χ0v) is 43.7. The largest absolute Gasteiger partial charge is 0.394 e. The summed E-state index contributed by atoms with van der Waals surface area (Å²) < 4.78 is 34.0. The second-order valence-electron chi connectivity index (χ2n) is 18.6. The van der Waals surface area contributed by atoms with Crippen LogP contribution in [0.3, 0.4) is 0 Å². The zero-order valence-electron chi connectivity index (χ0n) is 43.7. The maximum atomic E-state index is 13.2. The summed E-state index contributed by atoms with van der Waals surface area (Å²) in [6.07, 6.45) is 21.4. The molecule has 0 bridgehead atoms. The van der Waals surface area contributed by atoms with E-state index < -0.39 is 131 Å². The highest BCUT2D eigenvalue weighted by atomic mass is 16.8. The van der Waals surface area contributed by atoms with Crippen molar-refractivity contribution in [3.05, 3.63) is 109 Å². The smallest absolute Gasteiger partial charge is 0.220 e. The maximum Gasteiger partial charge on any atom is 0.220 e. The van der Waals surface area contributed by atoms with Crippen LogP contribution in [-0.2, 0) is 33.2 Å². The molecule has 3 heterocycles. The monoisotopic (exact) mass is 1060 g/mol. The highest BCUT2D eigenvalue weighted by Crippen LogP contribution is 2.33. The Hall–Kier alpha value is -3.55. The van der Waals surface area contributed by atoms with Crippen LogP contribution in [-0.4, -0.2) is 193 Å². The van der Waals surface area contributed by atoms with Crippen LogP contribution < -0.4 is 5.32 Å². The lowest BCUT2D eigenvalue weighted by Crippen LogP contribution is -2.66. The number of rotatable bonds is 35. The van der Waals surface area contributed by atoms with Gasteiger partial charge in [-0.3, -0.25) is 4.79 Å². The molecule has 0 spiro atoms. The third-order valence-electron chi connectivity index (χ3n) is 12.5. The summed E-state index contributed by atoms with van der Waals surface area (Å²) >= 11 is 0. The third kappa shape index (κ3) is 23.9. The van der Waals surface area contributed by atoms with Crippen LogP contribution >= 0.6 is 0 Å². The third-order valence-corrected chi connectivity index (χ3v) is 12.5. The van der Waals surface area contributed by atoms with Crippen LogP contribution in [0, 0.1) is 0 Å². The number of aliphatic hydroxyl groups is 11. The fourth-order valence-electron chi connectivity index (χ4n) is 8.14. The van der Waals surface area contributed by atoms with E-state index in [9.17, 15) is 61.0 Å². The topological polar surface area (TPSA) is 307 Å². The van der Waals surface area contributed by atoms with E-state index in [-0.39, 0.29) is 12.3 Å². The van der Waals surface area contributed by atoms with Gasteiger partial charge < -0.3 is 89.9 Å². The molecular weight excluding hydrogens is 975 g/mol. The van der Waals surface area contributed by atoms with Gasteiger partial charge >= 0.3 is 0 Å². The summed E-state index contributed by atoms with van der Waals surface area (Å²) in [5.41, 5.74) is 0. The molecule has 0 radical (unpaired) electrons. The number of hydrogen-bond acceptors (Lipinski definition) is 18. The van der Waals surface area contributed by atoms with Crippen LogP contribution in [0.4, 0.5) is 0 Å². The lowest BCUT2D eigenvalue weighted by Gasteiger charge is -2.48. The molecule has 0 aliphatic carbocycles. The zero-order chi connectivity index (χ0) is 54.8. The van der Waals surface area contributed by atoms with Gasteiger partial charge in [-0.1, -0.05) is 130 Å². The van der Waals surface area contributed by atoms with Gasteiger partial charge in [0.1, 0.15) is 73.2 Å². The van der Waals surface area contributed by atoms with Crippen LogP contribution in [0.25, 0.3) is 0 Å². The minimum absolute atomic E-state index is 0.147. The number of allylic oxidation sites excluding steroid dienone is 17. The first-order valence-corrected chi connectivity index (χ1v) is 26.6. The number of carbonyl (C=O) groups excluding carboxylic acids is 1. The Bertz CT molecular complexity index is 1800. The quantitative estimate of drug-likeness (QED) is 0.0321. The summed E-state index contributed by atoms with van der Waals surface area (Å²) in [7, 11) is 0. The van der Waals surface area contributed by atoms with Gasteiger partial charge in [-0.15, -0.1) is 0 Å². The van der Waals surface area contributed by atoms with Gasteiger partial charge in [0.05, 0.1) is 38.6 Å². The van der Waals surface area contributed by atoms with E-state index in [4.69, 9.17) is 28.4 Å². The number of ether oxygens (including phenoxy) is 6. The Morgan fingerprint density at radius 1 is 0.493 bits per heavy atom. The molecule has 1 amide bonds. The number of aliphatic hydroxyl groups excluding tert-OH is 11. The van der Waals surface area contributed by atoms with Gasteiger partial charge in [-0.2, -0.15) is 0 Å². The molecule has 3 rings (SSSR count).